The predicted molar refractivity (Wildman–Crippen MR) is 108 cm³/mol. The van der Waals surface area contributed by atoms with Crippen molar-refractivity contribution in [1.29, 1.82) is 0 Å². The Kier molecular flexibility index (Phi) is 5.13. The summed E-state index contributed by atoms with van der Waals surface area (Å²) in [5.41, 5.74) is 2.56. The lowest BCUT2D eigenvalue weighted by Gasteiger charge is -2.24. The molecule has 2 aliphatic rings. The van der Waals surface area contributed by atoms with E-state index < -0.39 is 0 Å². The zero-order chi connectivity index (χ0) is 19.6. The van der Waals surface area contributed by atoms with Gasteiger partial charge >= 0.3 is 0 Å². The number of rotatable bonds is 5. The molecule has 1 saturated heterocycles. The highest BCUT2D eigenvalue weighted by Gasteiger charge is 2.57. The summed E-state index contributed by atoms with van der Waals surface area (Å²) in [5, 5.41) is 9.41. The maximum Gasteiger partial charge on any atom is 0.255 e. The number of piperidine rings is 1. The Morgan fingerprint density at radius 3 is 2.46 bits per heavy atom. The Morgan fingerprint density at radius 1 is 1.11 bits per heavy atom. The van der Waals surface area contributed by atoms with Crippen molar-refractivity contribution in [2.75, 3.05) is 18.4 Å². The molecule has 1 spiro atoms. The summed E-state index contributed by atoms with van der Waals surface area (Å²) in [6, 6.07) is 10.9. The number of hydrogen-bond acceptors (Lipinski definition) is 4. The SMILES string of the molecule is CC(NC(=O)C1CC12CCNCC2)c1ccc(NC(=O)c2ccncc2)cc1. The molecule has 1 aromatic heterocycles. The topological polar surface area (TPSA) is 83.1 Å². The average molecular weight is 378 g/mol. The van der Waals surface area contributed by atoms with E-state index in [4.69, 9.17) is 0 Å². The normalized spacial score (nSPS) is 21.0. The third-order valence-electron chi connectivity index (χ3n) is 6.08. The summed E-state index contributed by atoms with van der Waals surface area (Å²) in [4.78, 5) is 28.8. The molecule has 0 radical (unpaired) electrons. The second kappa shape index (κ2) is 7.72. The molecular formula is C22H26N4O2. The second-order valence-corrected chi connectivity index (χ2v) is 7.91. The first kappa shape index (κ1) is 18.6. The number of carbonyl (C=O) groups excluding carboxylic acids is 2. The maximum atomic E-state index is 12.6. The van der Waals surface area contributed by atoms with E-state index in [0.717, 1.165) is 43.6 Å². The summed E-state index contributed by atoms with van der Waals surface area (Å²) in [6.07, 6.45) is 6.41. The van der Waals surface area contributed by atoms with Crippen molar-refractivity contribution in [3.63, 3.8) is 0 Å². The predicted octanol–water partition coefficient (Wildman–Crippen LogP) is 2.90. The second-order valence-electron chi connectivity index (χ2n) is 7.91. The third-order valence-corrected chi connectivity index (χ3v) is 6.08. The van der Waals surface area contributed by atoms with Gasteiger partial charge in [-0.1, -0.05) is 12.1 Å². The summed E-state index contributed by atoms with van der Waals surface area (Å²) < 4.78 is 0. The first-order valence-electron chi connectivity index (χ1n) is 9.90. The van der Waals surface area contributed by atoms with Crippen LogP contribution in [0.5, 0.6) is 0 Å². The van der Waals surface area contributed by atoms with Gasteiger partial charge in [0.1, 0.15) is 0 Å². The average Bonchev–Trinajstić information content (AvgIpc) is 3.42. The molecule has 4 rings (SSSR count). The van der Waals surface area contributed by atoms with Crippen molar-refractivity contribution in [2.45, 2.75) is 32.2 Å². The fourth-order valence-corrected chi connectivity index (χ4v) is 4.15. The monoisotopic (exact) mass is 378 g/mol. The minimum absolute atomic E-state index is 0.0585. The number of amides is 2. The molecule has 1 aliphatic heterocycles. The van der Waals surface area contributed by atoms with Gasteiger partial charge in [-0.25, -0.2) is 0 Å². The van der Waals surface area contributed by atoms with Crippen LogP contribution in [0.15, 0.2) is 48.8 Å². The van der Waals surface area contributed by atoms with Crippen LogP contribution in [0.1, 0.15) is 48.1 Å². The van der Waals surface area contributed by atoms with Gasteiger partial charge in [0.2, 0.25) is 5.91 Å². The molecule has 2 atom stereocenters. The third kappa shape index (κ3) is 3.92. The molecule has 3 N–H and O–H groups in total. The summed E-state index contributed by atoms with van der Waals surface area (Å²) in [6.45, 7) is 4.04. The van der Waals surface area contributed by atoms with E-state index >= 15 is 0 Å². The Morgan fingerprint density at radius 2 is 1.79 bits per heavy atom. The number of hydrogen-bond donors (Lipinski definition) is 3. The zero-order valence-corrected chi connectivity index (χ0v) is 16.1. The molecule has 2 aromatic rings. The minimum atomic E-state index is -0.169. The van der Waals surface area contributed by atoms with Crippen molar-refractivity contribution in [2.24, 2.45) is 11.3 Å². The Hall–Kier alpha value is -2.73. The molecule has 1 saturated carbocycles. The van der Waals surface area contributed by atoms with Gasteiger partial charge in [0.15, 0.2) is 0 Å². The quantitative estimate of drug-likeness (QED) is 0.747. The van der Waals surface area contributed by atoms with Gasteiger partial charge in [-0.05, 0) is 74.5 Å². The molecule has 1 aliphatic carbocycles. The van der Waals surface area contributed by atoms with Crippen molar-refractivity contribution >= 4 is 17.5 Å². The van der Waals surface area contributed by atoms with E-state index in [0.29, 0.717) is 5.56 Å². The summed E-state index contributed by atoms with van der Waals surface area (Å²) >= 11 is 0. The molecular weight excluding hydrogens is 352 g/mol. The lowest BCUT2D eigenvalue weighted by Crippen LogP contribution is -2.34. The van der Waals surface area contributed by atoms with Gasteiger partial charge in [-0.2, -0.15) is 0 Å². The van der Waals surface area contributed by atoms with E-state index in [2.05, 4.69) is 20.9 Å². The number of aromatic nitrogens is 1. The van der Waals surface area contributed by atoms with Crippen LogP contribution in [-0.4, -0.2) is 29.9 Å². The highest BCUT2D eigenvalue weighted by atomic mass is 16.2. The van der Waals surface area contributed by atoms with Gasteiger partial charge < -0.3 is 16.0 Å². The Bertz CT molecular complexity index is 845. The minimum Gasteiger partial charge on any atom is -0.349 e. The van der Waals surface area contributed by atoms with Crippen LogP contribution >= 0.6 is 0 Å². The largest absolute Gasteiger partial charge is 0.349 e. The fourth-order valence-electron chi connectivity index (χ4n) is 4.15. The van der Waals surface area contributed by atoms with Crippen LogP contribution in [-0.2, 0) is 4.79 Å². The number of carbonyl (C=O) groups is 2. The molecule has 28 heavy (non-hydrogen) atoms. The van der Waals surface area contributed by atoms with Crippen LogP contribution in [0.2, 0.25) is 0 Å². The van der Waals surface area contributed by atoms with Crippen LogP contribution in [0, 0.1) is 11.3 Å². The van der Waals surface area contributed by atoms with Crippen LogP contribution in [0.25, 0.3) is 0 Å². The molecule has 6 heteroatoms. The maximum absolute atomic E-state index is 12.6. The molecule has 1 aromatic carbocycles. The van der Waals surface area contributed by atoms with Crippen molar-refractivity contribution in [1.82, 2.24) is 15.6 Å². The molecule has 146 valence electrons. The van der Waals surface area contributed by atoms with E-state index in [1.807, 2.05) is 31.2 Å². The smallest absolute Gasteiger partial charge is 0.255 e. The van der Waals surface area contributed by atoms with Crippen LogP contribution < -0.4 is 16.0 Å². The van der Waals surface area contributed by atoms with E-state index in [1.54, 1.807) is 24.5 Å². The van der Waals surface area contributed by atoms with Gasteiger partial charge in [-0.3, -0.25) is 14.6 Å². The first-order valence-corrected chi connectivity index (χ1v) is 9.90. The molecule has 0 bridgehead atoms. The van der Waals surface area contributed by atoms with E-state index in [9.17, 15) is 9.59 Å². The molecule has 2 unspecified atom stereocenters. The van der Waals surface area contributed by atoms with E-state index in [1.165, 1.54) is 0 Å². The van der Waals surface area contributed by atoms with Crippen molar-refractivity contribution in [3.05, 3.63) is 59.9 Å². The highest BCUT2D eigenvalue weighted by Crippen LogP contribution is 2.58. The van der Waals surface area contributed by atoms with E-state index in [-0.39, 0.29) is 29.2 Å². The molecule has 2 heterocycles. The number of nitrogens with zero attached hydrogens (tertiary/aromatic N) is 1. The molecule has 2 fully saturated rings. The van der Waals surface area contributed by atoms with Crippen molar-refractivity contribution in [3.8, 4) is 0 Å². The van der Waals surface area contributed by atoms with Gasteiger partial charge in [0.05, 0.1) is 6.04 Å². The lowest BCUT2D eigenvalue weighted by molar-refractivity contribution is -0.123. The molecule has 2 amide bonds. The standard InChI is InChI=1S/C22H26N4O2/c1-15(25-21(28)19-14-22(19)8-12-24-13-9-22)16-2-4-18(5-3-16)26-20(27)17-6-10-23-11-7-17/h2-7,10-11,15,19,24H,8-9,12-14H2,1H3,(H,25,28)(H,26,27). The molecule has 6 nitrogen and oxygen atoms in total. The summed E-state index contributed by atoms with van der Waals surface area (Å²) in [5.74, 6) is 0.165. The van der Waals surface area contributed by atoms with Crippen LogP contribution in [0.3, 0.4) is 0 Å². The fraction of sp³-hybridized carbons (Fsp3) is 0.409. The number of pyridine rings is 1. The van der Waals surface area contributed by atoms with Crippen molar-refractivity contribution < 1.29 is 9.59 Å². The lowest BCUT2D eigenvalue weighted by atomic mass is 9.91. The summed E-state index contributed by atoms with van der Waals surface area (Å²) in [7, 11) is 0. The van der Waals surface area contributed by atoms with Gasteiger partial charge in [0, 0.05) is 29.6 Å². The number of nitrogens with one attached hydrogen (secondary N) is 3. The number of benzene rings is 1. The Balaban J connectivity index is 1.32. The van der Waals surface area contributed by atoms with Gasteiger partial charge in [-0.15, -0.1) is 0 Å². The Labute approximate surface area is 165 Å². The van der Waals surface area contributed by atoms with Crippen LogP contribution in [0.4, 0.5) is 5.69 Å². The van der Waals surface area contributed by atoms with Gasteiger partial charge in [0.25, 0.3) is 5.91 Å². The first-order chi connectivity index (χ1) is 13.6. The zero-order valence-electron chi connectivity index (χ0n) is 16.1. The highest BCUT2D eigenvalue weighted by molar-refractivity contribution is 6.04. The number of anilines is 1.